The lowest BCUT2D eigenvalue weighted by molar-refractivity contribution is -0.128. The molecule has 2 heterocycles. The predicted octanol–water partition coefficient (Wildman–Crippen LogP) is 5.05. The van der Waals surface area contributed by atoms with Gasteiger partial charge < -0.3 is 10.2 Å². The van der Waals surface area contributed by atoms with E-state index in [1.165, 1.54) is 33.5 Å². The molecular formula is C19H22N4OS3. The van der Waals surface area contributed by atoms with Crippen LogP contribution in [0.4, 0.5) is 10.8 Å². The number of anilines is 2. The molecule has 2 aromatic heterocycles. The molecule has 0 aliphatic rings. The van der Waals surface area contributed by atoms with Crippen molar-refractivity contribution in [2.75, 3.05) is 17.6 Å². The van der Waals surface area contributed by atoms with Crippen LogP contribution in [0, 0.1) is 0 Å². The van der Waals surface area contributed by atoms with Gasteiger partial charge in [-0.25, -0.2) is 0 Å². The Kier molecular flexibility index (Phi) is 7.25. The summed E-state index contributed by atoms with van der Waals surface area (Å²) in [7, 11) is 0. The summed E-state index contributed by atoms with van der Waals surface area (Å²) in [6.07, 6.45) is 1.02. The van der Waals surface area contributed by atoms with Gasteiger partial charge in [-0.1, -0.05) is 48.2 Å². The van der Waals surface area contributed by atoms with Crippen LogP contribution >= 0.6 is 34.4 Å². The molecule has 1 amide bonds. The molecule has 0 radical (unpaired) electrons. The lowest BCUT2D eigenvalue weighted by Gasteiger charge is -2.19. The number of hydrogen-bond donors (Lipinski definition) is 1. The lowest BCUT2D eigenvalue weighted by Crippen LogP contribution is -2.31. The first-order valence-corrected chi connectivity index (χ1v) is 11.5. The van der Waals surface area contributed by atoms with Gasteiger partial charge in [0.25, 0.3) is 0 Å². The third-order valence-electron chi connectivity index (χ3n) is 4.00. The van der Waals surface area contributed by atoms with E-state index in [-0.39, 0.29) is 5.91 Å². The molecule has 0 saturated heterocycles. The van der Waals surface area contributed by atoms with Crippen molar-refractivity contribution in [1.82, 2.24) is 15.1 Å². The number of carbonyl (C=O) groups is 1. The highest BCUT2D eigenvalue weighted by Crippen LogP contribution is 2.28. The summed E-state index contributed by atoms with van der Waals surface area (Å²) >= 11 is 4.58. The summed E-state index contributed by atoms with van der Waals surface area (Å²) < 4.78 is 0.795. The van der Waals surface area contributed by atoms with Crippen molar-refractivity contribution in [3.8, 4) is 0 Å². The Morgan fingerprint density at radius 1 is 1.19 bits per heavy atom. The van der Waals surface area contributed by atoms with E-state index in [0.717, 1.165) is 21.6 Å². The maximum absolute atomic E-state index is 12.5. The molecule has 5 nitrogen and oxygen atoms in total. The van der Waals surface area contributed by atoms with Crippen LogP contribution in [0.5, 0.6) is 0 Å². The van der Waals surface area contributed by atoms with Crippen LogP contribution in [0.3, 0.4) is 0 Å². The number of thiophene rings is 1. The van der Waals surface area contributed by atoms with E-state index in [1.807, 2.05) is 35.4 Å². The molecule has 0 unspecified atom stereocenters. The minimum Gasteiger partial charge on any atom is -0.337 e. The SMILES string of the molecule is CCc1ccc(Nc2nnc(SCC(=O)N(CC)Cc3cccs3)s2)cc1. The van der Waals surface area contributed by atoms with Gasteiger partial charge >= 0.3 is 0 Å². The van der Waals surface area contributed by atoms with Gasteiger partial charge in [-0.15, -0.1) is 21.5 Å². The number of aromatic nitrogens is 2. The zero-order chi connectivity index (χ0) is 19.1. The van der Waals surface area contributed by atoms with Crippen LogP contribution in [-0.2, 0) is 17.8 Å². The molecule has 8 heteroatoms. The van der Waals surface area contributed by atoms with Gasteiger partial charge in [-0.3, -0.25) is 4.79 Å². The first-order valence-electron chi connectivity index (χ1n) is 8.80. The Hall–Kier alpha value is -1.90. The van der Waals surface area contributed by atoms with Crippen molar-refractivity contribution < 1.29 is 4.79 Å². The van der Waals surface area contributed by atoms with Crippen LogP contribution in [-0.4, -0.2) is 33.3 Å². The molecule has 0 bridgehead atoms. The van der Waals surface area contributed by atoms with E-state index in [2.05, 4.69) is 40.6 Å². The first-order chi connectivity index (χ1) is 13.2. The highest BCUT2D eigenvalue weighted by Gasteiger charge is 2.15. The fraction of sp³-hybridized carbons (Fsp3) is 0.316. The zero-order valence-corrected chi connectivity index (χ0v) is 17.8. The Labute approximate surface area is 171 Å². The summed E-state index contributed by atoms with van der Waals surface area (Å²) in [5, 5.41) is 14.4. The second-order valence-electron chi connectivity index (χ2n) is 5.82. The van der Waals surface area contributed by atoms with E-state index < -0.39 is 0 Å². The van der Waals surface area contributed by atoms with Crippen molar-refractivity contribution in [2.45, 2.75) is 31.2 Å². The predicted molar refractivity (Wildman–Crippen MR) is 115 cm³/mol. The Morgan fingerprint density at radius 2 is 2.00 bits per heavy atom. The quantitative estimate of drug-likeness (QED) is 0.493. The average molecular weight is 419 g/mol. The molecule has 0 spiro atoms. The highest BCUT2D eigenvalue weighted by molar-refractivity contribution is 8.01. The monoisotopic (exact) mass is 418 g/mol. The van der Waals surface area contributed by atoms with Gasteiger partial charge in [-0.2, -0.15) is 0 Å². The molecule has 0 fully saturated rings. The van der Waals surface area contributed by atoms with Crippen molar-refractivity contribution in [2.24, 2.45) is 0 Å². The molecule has 0 saturated carbocycles. The second kappa shape index (κ2) is 9.87. The Bertz CT molecular complexity index is 846. The first kappa shape index (κ1) is 19.9. The number of amides is 1. The molecule has 1 aromatic carbocycles. The highest BCUT2D eigenvalue weighted by atomic mass is 32.2. The third kappa shape index (κ3) is 5.79. The summed E-state index contributed by atoms with van der Waals surface area (Å²) in [5.74, 6) is 0.495. The van der Waals surface area contributed by atoms with Gasteiger partial charge in [0.15, 0.2) is 4.34 Å². The normalized spacial score (nSPS) is 10.7. The van der Waals surface area contributed by atoms with Crippen molar-refractivity contribution in [3.63, 3.8) is 0 Å². The molecule has 27 heavy (non-hydrogen) atoms. The molecule has 1 N–H and O–H groups in total. The number of nitrogens with one attached hydrogen (secondary N) is 1. The molecule has 142 valence electrons. The fourth-order valence-corrected chi connectivity index (χ4v) is 4.84. The van der Waals surface area contributed by atoms with Crippen LogP contribution in [0.25, 0.3) is 0 Å². The molecule has 3 rings (SSSR count). The van der Waals surface area contributed by atoms with E-state index in [1.54, 1.807) is 11.3 Å². The van der Waals surface area contributed by atoms with Gasteiger partial charge in [-0.05, 0) is 42.5 Å². The number of rotatable bonds is 9. The summed E-state index contributed by atoms with van der Waals surface area (Å²) in [4.78, 5) is 15.6. The van der Waals surface area contributed by atoms with Gasteiger partial charge in [0.2, 0.25) is 11.0 Å². The molecule has 3 aromatic rings. The van der Waals surface area contributed by atoms with E-state index >= 15 is 0 Å². The lowest BCUT2D eigenvalue weighted by atomic mass is 10.1. The number of nitrogens with zero attached hydrogens (tertiary/aromatic N) is 3. The van der Waals surface area contributed by atoms with E-state index in [4.69, 9.17) is 0 Å². The number of aryl methyl sites for hydroxylation is 1. The summed E-state index contributed by atoms with van der Waals surface area (Å²) in [6, 6.07) is 12.4. The fourth-order valence-electron chi connectivity index (χ4n) is 2.45. The number of carbonyl (C=O) groups excluding carboxylic acids is 1. The minimum atomic E-state index is 0.121. The van der Waals surface area contributed by atoms with Gasteiger partial charge in [0.1, 0.15) is 0 Å². The average Bonchev–Trinajstić information content (AvgIpc) is 3.37. The number of thioether (sulfide) groups is 1. The van der Waals surface area contributed by atoms with Gasteiger partial charge in [0, 0.05) is 17.1 Å². The van der Waals surface area contributed by atoms with Crippen molar-refractivity contribution >= 4 is 51.2 Å². The molecular weight excluding hydrogens is 396 g/mol. The van der Waals surface area contributed by atoms with E-state index in [9.17, 15) is 4.79 Å². The third-order valence-corrected chi connectivity index (χ3v) is 6.82. The number of hydrogen-bond acceptors (Lipinski definition) is 7. The Balaban J connectivity index is 1.51. The summed E-state index contributed by atoms with van der Waals surface area (Å²) in [5.41, 5.74) is 2.29. The minimum absolute atomic E-state index is 0.121. The maximum atomic E-state index is 12.5. The van der Waals surface area contributed by atoms with Crippen LogP contribution < -0.4 is 5.32 Å². The van der Waals surface area contributed by atoms with Crippen LogP contribution in [0.2, 0.25) is 0 Å². The maximum Gasteiger partial charge on any atom is 0.233 e. The van der Waals surface area contributed by atoms with Crippen molar-refractivity contribution in [3.05, 3.63) is 52.2 Å². The standard InChI is InChI=1S/C19H22N4OS3/c1-3-14-7-9-15(10-8-14)20-18-21-22-19(27-18)26-13-17(24)23(4-2)12-16-6-5-11-25-16/h5-11H,3-4,12-13H2,1-2H3,(H,20,21). The smallest absolute Gasteiger partial charge is 0.233 e. The van der Waals surface area contributed by atoms with E-state index in [0.29, 0.717) is 18.8 Å². The zero-order valence-electron chi connectivity index (χ0n) is 15.3. The van der Waals surface area contributed by atoms with Crippen LogP contribution in [0.1, 0.15) is 24.3 Å². The van der Waals surface area contributed by atoms with Crippen molar-refractivity contribution in [1.29, 1.82) is 0 Å². The molecule has 0 aliphatic carbocycles. The summed E-state index contributed by atoms with van der Waals surface area (Å²) in [6.45, 7) is 5.52. The molecule has 0 aliphatic heterocycles. The number of benzene rings is 1. The van der Waals surface area contributed by atoms with Gasteiger partial charge in [0.05, 0.1) is 12.3 Å². The Morgan fingerprint density at radius 3 is 2.67 bits per heavy atom. The van der Waals surface area contributed by atoms with Crippen LogP contribution in [0.15, 0.2) is 46.1 Å². The largest absolute Gasteiger partial charge is 0.337 e. The second-order valence-corrected chi connectivity index (χ2v) is 9.06. The molecule has 0 atom stereocenters. The topological polar surface area (TPSA) is 58.1 Å².